The number of furan rings is 8. The van der Waals surface area contributed by atoms with E-state index in [2.05, 4.69) is 182 Å². The molecule has 11 heterocycles. The van der Waals surface area contributed by atoms with Crippen molar-refractivity contribution in [1.82, 2.24) is 19.9 Å². The van der Waals surface area contributed by atoms with Crippen LogP contribution in [0.4, 0.5) is 30.7 Å². The van der Waals surface area contributed by atoms with Gasteiger partial charge >= 0.3 is 18.0 Å². The smallest absolute Gasteiger partial charge is 0.416 e. The highest BCUT2D eigenvalue weighted by atomic mass is 19.4. The van der Waals surface area contributed by atoms with Gasteiger partial charge in [0, 0.05) is 127 Å². The molecule has 0 unspecified atom stereocenters. The van der Waals surface area contributed by atoms with Gasteiger partial charge in [-0.1, -0.05) is 190 Å². The SMILES string of the molecule is CC(=O)c1cccc(-c2ccc(C(C)C)o2)c1.CC(C)c1ccc(-c2ccc3[nH]c(=O)[nH]c3c2)o1.CC(C)c1ccc(-c2ccc3cc[nH]c3c2)o1.CC(C)c1ccc(-c2cccc(C(F)(F)F)c2)o1.CC(C)c1ccc(-c2cccc3cccnc23)o1.COc1cc(-c2ccc(C(C)C)o2)cc(C(F)(F)F)c1.COc1cc(F)cc(-c2ccc(C(C)C)o2)c1.COc1ccc2cc(-c3ccc(C(C)C)o3)ccc2c1. The van der Waals surface area contributed by atoms with Gasteiger partial charge in [-0.15, -0.1) is 0 Å². The van der Waals surface area contributed by atoms with Crippen LogP contribution in [0.5, 0.6) is 17.2 Å². The first-order chi connectivity index (χ1) is 69.1. The number of rotatable bonds is 20. The molecule has 0 aliphatic heterocycles. The van der Waals surface area contributed by atoms with Crippen LogP contribution >= 0.6 is 0 Å². The molecular formula is C121H121F7N4O13. The summed E-state index contributed by atoms with van der Waals surface area (Å²) in [6, 6.07) is 88.3. The fourth-order valence-electron chi connectivity index (χ4n) is 15.3. The third kappa shape index (κ3) is 28.2. The summed E-state index contributed by atoms with van der Waals surface area (Å²) in [4.78, 5) is 35.6. The zero-order valence-electron chi connectivity index (χ0n) is 84.9. The quantitative estimate of drug-likeness (QED) is 0.0477. The molecule has 20 rings (SSSR count). The topological polar surface area (TPSA) is 227 Å². The first-order valence-electron chi connectivity index (χ1n) is 48.1. The number of para-hydroxylation sites is 1. The standard InChI is InChI=1S/C18H18O2.C16H15NO.C15H15F3O2.C15H15NO.C15H16O2.C14H13F3O.C14H15FO2.C14H14N2O2/c1-12(2)17-8-9-18(20-17)15-5-4-14-11-16(19-3)7-6-13(14)10-15;1-11(2)14-8-9-15(18-14)13-7-3-5-12-6-4-10-17-16(12)13;1-9(2)13-4-5-14(20-13)10-6-11(15(16,17)18)8-12(7-10)19-3;1-10(2)14-5-6-15(17-14)12-4-3-11-7-8-16-13(11)9-12;1-10(2)14-7-8-15(17-14)13-6-4-5-12(9-13)11(3)16;1-9(2)12-6-7-13(18-12)10-4-3-5-11(8-10)14(15,16)17;1-9(2)13-4-5-14(17-13)10-6-11(15)8-12(7-10)16-3;1-8(2)12-5-6-13(18-12)9-3-4-10-11(7-9)16-14(17)15-10/h4-12H,1-3H3;3-11H,1-2H3;4-9H,1-3H3;3-10,16H,1-2H3;4-10H,1-3H3;3-9H,1-2H3;4-9H,1-3H3;3-8H,1-2H3,(H2,15,16,17). The zero-order valence-corrected chi connectivity index (χ0v) is 84.9. The monoisotopic (exact) mass is 1970 g/mol. The average Bonchev–Trinajstić information content (AvgIpc) is 1.75. The van der Waals surface area contributed by atoms with E-state index in [-0.39, 0.29) is 34.9 Å². The van der Waals surface area contributed by atoms with Gasteiger partial charge in [0.2, 0.25) is 0 Å². The number of H-pyrrole nitrogens is 3. The molecule has 0 saturated carbocycles. The summed E-state index contributed by atoms with van der Waals surface area (Å²) < 4.78 is 151. The number of carbonyl (C=O) groups excluding carboxylic acids is 1. The molecule has 145 heavy (non-hydrogen) atoms. The molecule has 17 nitrogen and oxygen atoms in total. The molecule has 20 aromatic rings. The molecule has 3 N–H and O–H groups in total. The van der Waals surface area contributed by atoms with E-state index in [9.17, 15) is 40.3 Å². The summed E-state index contributed by atoms with van der Waals surface area (Å²) in [5.74, 6) is 17.3. The number of hydrogen-bond acceptors (Lipinski definition) is 14. The maximum Gasteiger partial charge on any atom is 0.416 e. The van der Waals surface area contributed by atoms with E-state index in [4.69, 9.17) is 49.5 Å². The summed E-state index contributed by atoms with van der Waals surface area (Å²) in [6.45, 7) is 34.7. The maximum atomic E-state index is 13.3. The minimum atomic E-state index is -4.42. The van der Waals surface area contributed by atoms with Crippen LogP contribution in [0.3, 0.4) is 0 Å². The molecule has 9 aromatic carbocycles. The molecule has 0 saturated heterocycles. The largest absolute Gasteiger partial charge is 0.497 e. The Morgan fingerprint density at radius 2 is 0.669 bits per heavy atom. The summed E-state index contributed by atoms with van der Waals surface area (Å²) in [5.41, 5.74) is 9.50. The lowest BCUT2D eigenvalue weighted by atomic mass is 10.1. The lowest BCUT2D eigenvalue weighted by molar-refractivity contribution is -0.138. The number of nitrogens with zero attached hydrogens (tertiary/aromatic N) is 1. The second-order valence-electron chi connectivity index (χ2n) is 37.3. The van der Waals surface area contributed by atoms with Crippen LogP contribution in [0.1, 0.15) is 233 Å². The van der Waals surface area contributed by atoms with E-state index in [1.165, 1.54) is 54.6 Å². The molecule has 0 fully saturated rings. The number of pyridine rings is 1. The van der Waals surface area contributed by atoms with Gasteiger partial charge in [0.1, 0.15) is 115 Å². The van der Waals surface area contributed by atoms with E-state index in [0.29, 0.717) is 80.8 Å². The number of carbonyl (C=O) groups is 1. The van der Waals surface area contributed by atoms with Crippen molar-refractivity contribution in [2.45, 2.75) is 177 Å². The Hall–Kier alpha value is -15.7. The van der Waals surface area contributed by atoms with E-state index in [1.807, 2.05) is 167 Å². The van der Waals surface area contributed by atoms with E-state index in [1.54, 1.807) is 50.4 Å². The van der Waals surface area contributed by atoms with Crippen molar-refractivity contribution >= 4 is 49.4 Å². The van der Waals surface area contributed by atoms with E-state index < -0.39 is 23.5 Å². The van der Waals surface area contributed by atoms with Gasteiger partial charge in [-0.25, -0.2) is 9.18 Å². The first kappa shape index (κ1) is 107. The Bertz CT molecular complexity index is 7700. The van der Waals surface area contributed by atoms with Crippen molar-refractivity contribution < 1.29 is 85.1 Å². The highest BCUT2D eigenvalue weighted by molar-refractivity contribution is 5.95. The van der Waals surface area contributed by atoms with Gasteiger partial charge in [-0.3, -0.25) is 9.78 Å². The van der Waals surface area contributed by atoms with Crippen molar-refractivity contribution in [3.05, 3.63) is 383 Å². The predicted octanol–water partition coefficient (Wildman–Crippen LogP) is 36.3. The van der Waals surface area contributed by atoms with Crippen molar-refractivity contribution in [2.75, 3.05) is 21.3 Å². The molecule has 0 amide bonds. The number of alkyl halides is 6. The zero-order chi connectivity index (χ0) is 104. The normalized spacial score (nSPS) is 11.4. The van der Waals surface area contributed by atoms with Crippen molar-refractivity contribution in [3.8, 4) is 108 Å². The average molecular weight is 1970 g/mol. The summed E-state index contributed by atoms with van der Waals surface area (Å²) in [5, 5.41) is 4.72. The molecule has 24 heteroatoms. The van der Waals surface area contributed by atoms with E-state index in [0.717, 1.165) is 160 Å². The minimum absolute atomic E-state index is 0.0717. The van der Waals surface area contributed by atoms with Gasteiger partial charge < -0.3 is 64.5 Å². The van der Waals surface area contributed by atoms with Crippen LogP contribution in [0.2, 0.25) is 0 Å². The predicted molar refractivity (Wildman–Crippen MR) is 563 cm³/mol. The Morgan fingerprint density at radius 1 is 0.303 bits per heavy atom. The Labute approximate surface area is 838 Å². The molecule has 0 radical (unpaired) electrons. The highest BCUT2D eigenvalue weighted by Crippen LogP contribution is 2.41. The van der Waals surface area contributed by atoms with Gasteiger partial charge in [-0.05, 0) is 229 Å². The van der Waals surface area contributed by atoms with Crippen LogP contribution < -0.4 is 19.9 Å². The number of halogens is 7. The number of aromatic amines is 3. The summed E-state index contributed by atoms with van der Waals surface area (Å²) in [7, 11) is 4.53. The first-order valence-corrected chi connectivity index (χ1v) is 48.1. The van der Waals surface area contributed by atoms with Crippen molar-refractivity contribution in [3.63, 3.8) is 0 Å². The third-order valence-electron chi connectivity index (χ3n) is 23.6. The molecule has 0 atom stereocenters. The fraction of sp³-hybridized carbons (Fsp3) is 0.248. The number of ether oxygens (including phenoxy) is 3. The van der Waals surface area contributed by atoms with Crippen LogP contribution in [0.25, 0.3) is 134 Å². The van der Waals surface area contributed by atoms with Crippen molar-refractivity contribution in [2.24, 2.45) is 0 Å². The molecule has 0 bridgehead atoms. The number of ketones is 1. The van der Waals surface area contributed by atoms with Gasteiger partial charge in [0.15, 0.2) is 5.78 Å². The Morgan fingerprint density at radius 3 is 1.12 bits per heavy atom. The van der Waals surface area contributed by atoms with Crippen LogP contribution in [0.15, 0.2) is 344 Å². The fourth-order valence-corrected chi connectivity index (χ4v) is 15.3. The number of imidazole rings is 1. The number of fused-ring (bicyclic) bond motifs is 4. The summed E-state index contributed by atoms with van der Waals surface area (Å²) in [6.07, 6.45) is -4.98. The maximum absolute atomic E-state index is 13.3. The van der Waals surface area contributed by atoms with E-state index >= 15 is 0 Å². The molecule has 0 spiro atoms. The second kappa shape index (κ2) is 47.9. The molecule has 0 aliphatic rings. The Kier molecular flexibility index (Phi) is 35.2. The highest BCUT2D eigenvalue weighted by Gasteiger charge is 2.33. The lowest BCUT2D eigenvalue weighted by Gasteiger charge is -2.10. The van der Waals surface area contributed by atoms with Crippen LogP contribution in [-0.4, -0.2) is 47.0 Å². The van der Waals surface area contributed by atoms with Gasteiger partial charge in [0.25, 0.3) is 0 Å². The van der Waals surface area contributed by atoms with Gasteiger partial charge in [0.05, 0.1) is 49.0 Å². The second-order valence-corrected chi connectivity index (χ2v) is 37.3. The molecule has 752 valence electrons. The number of hydrogen-bond donors (Lipinski definition) is 3. The third-order valence-corrected chi connectivity index (χ3v) is 23.6. The number of nitrogens with one attached hydrogen (secondary N) is 3. The Balaban J connectivity index is 0.000000139. The van der Waals surface area contributed by atoms with Gasteiger partial charge in [-0.2, -0.15) is 26.3 Å². The van der Waals surface area contributed by atoms with Crippen LogP contribution in [-0.2, 0) is 12.4 Å². The molecule has 11 aromatic heterocycles. The summed E-state index contributed by atoms with van der Waals surface area (Å²) >= 11 is 0. The van der Waals surface area contributed by atoms with Crippen LogP contribution in [0, 0.1) is 5.82 Å². The molecular weight excluding hydrogens is 1850 g/mol. The van der Waals surface area contributed by atoms with Crippen molar-refractivity contribution in [1.29, 1.82) is 0 Å². The number of benzene rings is 9. The number of aromatic nitrogens is 4. The lowest BCUT2D eigenvalue weighted by Crippen LogP contribution is -2.05. The molecule has 0 aliphatic carbocycles. The minimum Gasteiger partial charge on any atom is -0.497 e. The number of Topliss-reactive ketones (excluding diaryl/α,β-unsaturated/α-hetero) is 1. The number of methoxy groups -OCH3 is 3.